The monoisotopic (exact) mass is 315 g/mol. The highest BCUT2D eigenvalue weighted by atomic mass is 16.2. The van der Waals surface area contributed by atoms with Crippen molar-refractivity contribution in [3.63, 3.8) is 0 Å². The summed E-state index contributed by atoms with van der Waals surface area (Å²) in [5, 5.41) is 6.47. The molecule has 2 N–H and O–H groups in total. The molecule has 23 heavy (non-hydrogen) atoms. The van der Waals surface area contributed by atoms with Crippen LogP contribution in [-0.4, -0.2) is 42.4 Å². The number of nitrogens with one attached hydrogen (secondary N) is 2. The number of hydrogen-bond donors (Lipinski definition) is 2. The molecule has 2 aliphatic heterocycles. The standard InChI is InChI=1S/C18H25N3O2/c22-16-8-4-5-13-21(16)17(14-6-2-1-3-7-14)18(23)20-15-9-11-19-12-10-15/h1-3,6-7,15,17,19H,4-5,8-13H2,(H,20,23). The molecule has 5 heteroatoms. The number of carbonyl (C=O) groups excluding carboxylic acids is 2. The first-order chi connectivity index (χ1) is 11.3. The highest BCUT2D eigenvalue weighted by Crippen LogP contribution is 2.26. The van der Waals surface area contributed by atoms with E-state index < -0.39 is 6.04 Å². The Balaban J connectivity index is 1.79. The maximum Gasteiger partial charge on any atom is 0.247 e. The van der Waals surface area contributed by atoms with Gasteiger partial charge in [0.25, 0.3) is 0 Å². The summed E-state index contributed by atoms with van der Waals surface area (Å²) in [6.07, 6.45) is 4.33. The van der Waals surface area contributed by atoms with Crippen LogP contribution in [0.5, 0.6) is 0 Å². The Morgan fingerprint density at radius 1 is 1.17 bits per heavy atom. The maximum absolute atomic E-state index is 12.9. The first-order valence-electron chi connectivity index (χ1n) is 8.61. The van der Waals surface area contributed by atoms with Crippen LogP contribution in [0.2, 0.25) is 0 Å². The summed E-state index contributed by atoms with van der Waals surface area (Å²) in [6.45, 7) is 2.53. The van der Waals surface area contributed by atoms with E-state index in [1.54, 1.807) is 4.90 Å². The molecule has 0 radical (unpaired) electrons. The minimum absolute atomic E-state index is 0.0432. The van der Waals surface area contributed by atoms with Crippen molar-refractivity contribution in [3.05, 3.63) is 35.9 Å². The van der Waals surface area contributed by atoms with E-state index in [0.29, 0.717) is 13.0 Å². The lowest BCUT2D eigenvalue weighted by molar-refractivity contribution is -0.143. The molecular weight excluding hydrogens is 290 g/mol. The molecule has 2 amide bonds. The van der Waals surface area contributed by atoms with Crippen molar-refractivity contribution >= 4 is 11.8 Å². The molecule has 0 saturated carbocycles. The molecule has 1 aromatic carbocycles. The van der Waals surface area contributed by atoms with E-state index in [2.05, 4.69) is 10.6 Å². The second-order valence-electron chi connectivity index (χ2n) is 6.39. The molecule has 2 aliphatic rings. The van der Waals surface area contributed by atoms with Crippen LogP contribution in [0.1, 0.15) is 43.7 Å². The average Bonchev–Trinajstić information content (AvgIpc) is 2.59. The zero-order valence-electron chi connectivity index (χ0n) is 13.5. The predicted molar refractivity (Wildman–Crippen MR) is 88.8 cm³/mol. The fraction of sp³-hybridized carbons (Fsp3) is 0.556. The van der Waals surface area contributed by atoms with E-state index in [1.165, 1.54) is 0 Å². The van der Waals surface area contributed by atoms with Crippen molar-refractivity contribution in [2.24, 2.45) is 0 Å². The normalized spacial score (nSPS) is 21.0. The van der Waals surface area contributed by atoms with Gasteiger partial charge in [0.2, 0.25) is 11.8 Å². The molecule has 2 heterocycles. The summed E-state index contributed by atoms with van der Waals surface area (Å²) >= 11 is 0. The van der Waals surface area contributed by atoms with Crippen molar-refractivity contribution in [3.8, 4) is 0 Å². The van der Waals surface area contributed by atoms with Gasteiger partial charge >= 0.3 is 0 Å². The second-order valence-corrected chi connectivity index (χ2v) is 6.39. The van der Waals surface area contributed by atoms with E-state index in [0.717, 1.165) is 44.3 Å². The Hall–Kier alpha value is -1.88. The minimum Gasteiger partial charge on any atom is -0.351 e. The molecule has 0 spiro atoms. The molecule has 1 atom stereocenters. The molecule has 1 aromatic rings. The summed E-state index contributed by atoms with van der Waals surface area (Å²) in [4.78, 5) is 27.0. The number of piperidine rings is 2. The molecule has 0 aromatic heterocycles. The zero-order valence-corrected chi connectivity index (χ0v) is 13.5. The van der Waals surface area contributed by atoms with Gasteiger partial charge in [0.1, 0.15) is 6.04 Å². The third-order valence-corrected chi connectivity index (χ3v) is 4.72. The molecule has 124 valence electrons. The third-order valence-electron chi connectivity index (χ3n) is 4.72. The molecule has 0 bridgehead atoms. The van der Waals surface area contributed by atoms with Crippen LogP contribution in [-0.2, 0) is 9.59 Å². The molecule has 1 unspecified atom stereocenters. The minimum atomic E-state index is -0.501. The summed E-state index contributed by atoms with van der Waals surface area (Å²) in [5.74, 6) is 0.0453. The molecule has 5 nitrogen and oxygen atoms in total. The Bertz CT molecular complexity index is 540. The summed E-state index contributed by atoms with van der Waals surface area (Å²) in [7, 11) is 0. The van der Waals surface area contributed by atoms with Crippen molar-refractivity contribution in [2.45, 2.75) is 44.2 Å². The van der Waals surface area contributed by atoms with Crippen LogP contribution in [0.4, 0.5) is 0 Å². The SMILES string of the molecule is O=C(NC1CCNCC1)C(c1ccccc1)N1CCCCC1=O. The van der Waals surface area contributed by atoms with E-state index in [4.69, 9.17) is 0 Å². The molecule has 0 aliphatic carbocycles. The zero-order chi connectivity index (χ0) is 16.1. The van der Waals surface area contributed by atoms with Crippen molar-refractivity contribution in [1.82, 2.24) is 15.5 Å². The van der Waals surface area contributed by atoms with Gasteiger partial charge in [-0.2, -0.15) is 0 Å². The highest BCUT2D eigenvalue weighted by molar-refractivity contribution is 5.89. The molecule has 3 rings (SSSR count). The van der Waals surface area contributed by atoms with Crippen molar-refractivity contribution < 1.29 is 9.59 Å². The summed E-state index contributed by atoms with van der Waals surface area (Å²) in [5.41, 5.74) is 0.897. The molecule has 2 fully saturated rings. The van der Waals surface area contributed by atoms with Crippen LogP contribution >= 0.6 is 0 Å². The number of carbonyl (C=O) groups is 2. The highest BCUT2D eigenvalue weighted by Gasteiger charge is 2.33. The van der Waals surface area contributed by atoms with E-state index in [-0.39, 0.29) is 17.9 Å². The van der Waals surface area contributed by atoms with Gasteiger partial charge < -0.3 is 15.5 Å². The number of likely N-dealkylation sites (tertiary alicyclic amines) is 1. The van der Waals surface area contributed by atoms with Gasteiger partial charge in [-0.15, -0.1) is 0 Å². The van der Waals surface area contributed by atoms with Gasteiger partial charge in [0.15, 0.2) is 0 Å². The lowest BCUT2D eigenvalue weighted by atomic mass is 9.99. The Morgan fingerprint density at radius 3 is 2.61 bits per heavy atom. The molecule has 2 saturated heterocycles. The lowest BCUT2D eigenvalue weighted by Crippen LogP contribution is -2.50. The Labute approximate surface area is 137 Å². The quantitative estimate of drug-likeness (QED) is 0.887. The topological polar surface area (TPSA) is 61.4 Å². The van der Waals surface area contributed by atoms with Gasteiger partial charge in [0.05, 0.1) is 0 Å². The van der Waals surface area contributed by atoms with Crippen LogP contribution < -0.4 is 10.6 Å². The van der Waals surface area contributed by atoms with E-state index in [9.17, 15) is 9.59 Å². The van der Waals surface area contributed by atoms with E-state index in [1.807, 2.05) is 30.3 Å². The fourth-order valence-corrected chi connectivity index (χ4v) is 3.45. The van der Waals surface area contributed by atoms with Gasteiger partial charge in [0, 0.05) is 19.0 Å². The lowest BCUT2D eigenvalue weighted by Gasteiger charge is -2.35. The Morgan fingerprint density at radius 2 is 1.91 bits per heavy atom. The smallest absolute Gasteiger partial charge is 0.247 e. The van der Waals surface area contributed by atoms with Crippen molar-refractivity contribution in [1.29, 1.82) is 0 Å². The maximum atomic E-state index is 12.9. The van der Waals surface area contributed by atoms with Gasteiger partial charge in [-0.05, 0) is 44.3 Å². The summed E-state index contributed by atoms with van der Waals surface area (Å²) < 4.78 is 0. The van der Waals surface area contributed by atoms with Crippen LogP contribution in [0.25, 0.3) is 0 Å². The predicted octanol–water partition coefficient (Wildman–Crippen LogP) is 1.61. The molecular formula is C18H25N3O2. The summed E-state index contributed by atoms with van der Waals surface area (Å²) in [6, 6.07) is 9.36. The van der Waals surface area contributed by atoms with Gasteiger partial charge in [-0.3, -0.25) is 9.59 Å². The number of nitrogens with zero attached hydrogens (tertiary/aromatic N) is 1. The van der Waals surface area contributed by atoms with Gasteiger partial charge in [-0.25, -0.2) is 0 Å². The van der Waals surface area contributed by atoms with Crippen LogP contribution in [0.15, 0.2) is 30.3 Å². The third kappa shape index (κ3) is 3.91. The first-order valence-corrected chi connectivity index (χ1v) is 8.61. The number of hydrogen-bond acceptors (Lipinski definition) is 3. The number of amides is 2. The second kappa shape index (κ2) is 7.59. The van der Waals surface area contributed by atoms with Crippen LogP contribution in [0, 0.1) is 0 Å². The van der Waals surface area contributed by atoms with Crippen LogP contribution in [0.3, 0.4) is 0 Å². The first kappa shape index (κ1) is 16.0. The average molecular weight is 315 g/mol. The largest absolute Gasteiger partial charge is 0.351 e. The fourth-order valence-electron chi connectivity index (χ4n) is 3.45. The number of benzene rings is 1. The van der Waals surface area contributed by atoms with Gasteiger partial charge in [-0.1, -0.05) is 30.3 Å². The van der Waals surface area contributed by atoms with Crippen molar-refractivity contribution in [2.75, 3.05) is 19.6 Å². The Kier molecular flexibility index (Phi) is 5.28. The van der Waals surface area contributed by atoms with E-state index >= 15 is 0 Å². The number of rotatable bonds is 4.